The van der Waals surface area contributed by atoms with Gasteiger partial charge in [-0.2, -0.15) is 8.78 Å². The van der Waals surface area contributed by atoms with Crippen LogP contribution in [-0.4, -0.2) is 24.9 Å². The van der Waals surface area contributed by atoms with Crippen LogP contribution in [0.2, 0.25) is 0 Å². The summed E-state index contributed by atoms with van der Waals surface area (Å²) in [5.41, 5.74) is 1.05. The summed E-state index contributed by atoms with van der Waals surface area (Å²) in [5, 5.41) is 2.62. The maximum atomic E-state index is 12.5. The van der Waals surface area contributed by atoms with Crippen LogP contribution in [0, 0.1) is 0 Å². The van der Waals surface area contributed by atoms with Crippen molar-refractivity contribution in [1.29, 1.82) is 0 Å². The van der Waals surface area contributed by atoms with Gasteiger partial charge < -0.3 is 14.8 Å². The van der Waals surface area contributed by atoms with Crippen molar-refractivity contribution in [1.82, 2.24) is 0 Å². The molecule has 0 radical (unpaired) electrons. The Morgan fingerprint density at radius 2 is 2.08 bits per heavy atom. The van der Waals surface area contributed by atoms with Crippen molar-refractivity contribution >= 4 is 39.4 Å². The lowest BCUT2D eigenvalue weighted by atomic mass is 10.1. The van der Waals surface area contributed by atoms with Gasteiger partial charge in [0.1, 0.15) is 11.5 Å². The molecule has 0 unspecified atom stereocenters. The topological polar surface area (TPSA) is 64.6 Å². The molecule has 1 aliphatic heterocycles. The van der Waals surface area contributed by atoms with E-state index >= 15 is 0 Å². The molecule has 1 heterocycles. The molecule has 134 valence electrons. The molecular formula is C18H12BrF2NO4. The van der Waals surface area contributed by atoms with E-state index in [4.69, 9.17) is 4.74 Å². The molecule has 1 amide bonds. The Bertz CT molecular complexity index is 899. The van der Waals surface area contributed by atoms with E-state index in [-0.39, 0.29) is 24.0 Å². The first-order chi connectivity index (χ1) is 12.4. The molecule has 0 atom stereocenters. The molecule has 26 heavy (non-hydrogen) atoms. The van der Waals surface area contributed by atoms with Crippen LogP contribution in [0.5, 0.6) is 11.5 Å². The summed E-state index contributed by atoms with van der Waals surface area (Å²) in [6.07, 6.45) is 2.63. The number of ether oxygens (including phenoxy) is 2. The predicted molar refractivity (Wildman–Crippen MR) is 94.7 cm³/mol. The molecule has 2 aromatic rings. The van der Waals surface area contributed by atoms with E-state index in [2.05, 4.69) is 26.0 Å². The van der Waals surface area contributed by atoms with E-state index in [9.17, 15) is 18.4 Å². The fourth-order valence-corrected chi connectivity index (χ4v) is 2.73. The highest BCUT2D eigenvalue weighted by Crippen LogP contribution is 2.29. The van der Waals surface area contributed by atoms with Crippen LogP contribution in [0.25, 0.3) is 6.08 Å². The Morgan fingerprint density at radius 1 is 1.27 bits per heavy atom. The van der Waals surface area contributed by atoms with Gasteiger partial charge in [-0.15, -0.1) is 0 Å². The molecule has 1 N–H and O–H groups in total. The summed E-state index contributed by atoms with van der Waals surface area (Å²) < 4.78 is 35.3. The van der Waals surface area contributed by atoms with Crippen LogP contribution >= 0.6 is 15.9 Å². The number of carbonyl (C=O) groups excluding carboxylic acids is 2. The molecule has 0 aliphatic carbocycles. The fraction of sp³-hybridized carbons (Fsp3) is 0.111. The first-order valence-electron chi connectivity index (χ1n) is 7.46. The zero-order valence-corrected chi connectivity index (χ0v) is 14.8. The molecule has 0 bridgehead atoms. The molecule has 3 rings (SSSR count). The van der Waals surface area contributed by atoms with E-state index < -0.39 is 6.61 Å². The summed E-state index contributed by atoms with van der Waals surface area (Å²) in [6, 6.07) is 9.13. The van der Waals surface area contributed by atoms with Gasteiger partial charge in [0.2, 0.25) is 0 Å². The van der Waals surface area contributed by atoms with E-state index in [1.807, 2.05) is 0 Å². The second-order valence-electron chi connectivity index (χ2n) is 5.31. The van der Waals surface area contributed by atoms with Crippen molar-refractivity contribution in [3.63, 3.8) is 0 Å². The van der Waals surface area contributed by atoms with Crippen LogP contribution in [0.4, 0.5) is 14.5 Å². The maximum absolute atomic E-state index is 12.5. The standard InChI is InChI=1S/C18H12BrF2NO4/c19-12-3-6-15(26-18(20)21)11(7-12)1-4-14(23)10-2-5-16-13(8-10)22-17(24)9-25-16/h1-8,18H,9H2,(H,22,24)/b4-1+. The smallest absolute Gasteiger partial charge is 0.387 e. The number of fused-ring (bicyclic) bond motifs is 1. The molecule has 2 aromatic carbocycles. The second-order valence-corrected chi connectivity index (χ2v) is 6.22. The number of allylic oxidation sites excluding steroid dienone is 1. The lowest BCUT2D eigenvalue weighted by Gasteiger charge is -2.18. The average Bonchev–Trinajstić information content (AvgIpc) is 2.60. The second kappa shape index (κ2) is 7.65. The number of ketones is 1. The van der Waals surface area contributed by atoms with Crippen LogP contribution in [0.3, 0.4) is 0 Å². The van der Waals surface area contributed by atoms with Crippen LogP contribution in [-0.2, 0) is 4.79 Å². The largest absolute Gasteiger partial charge is 0.482 e. The average molecular weight is 424 g/mol. The van der Waals surface area contributed by atoms with Gasteiger partial charge in [0, 0.05) is 15.6 Å². The number of hydrogen-bond acceptors (Lipinski definition) is 4. The molecule has 0 saturated carbocycles. The first-order valence-corrected chi connectivity index (χ1v) is 8.25. The zero-order valence-electron chi connectivity index (χ0n) is 13.2. The summed E-state index contributed by atoms with van der Waals surface area (Å²) in [5.74, 6) is -0.237. The molecule has 0 saturated heterocycles. The maximum Gasteiger partial charge on any atom is 0.387 e. The number of rotatable bonds is 5. The van der Waals surface area contributed by atoms with Gasteiger partial charge in [0.15, 0.2) is 12.4 Å². The summed E-state index contributed by atoms with van der Waals surface area (Å²) in [7, 11) is 0. The lowest BCUT2D eigenvalue weighted by molar-refractivity contribution is -0.118. The molecule has 0 spiro atoms. The van der Waals surface area contributed by atoms with E-state index in [0.29, 0.717) is 27.0 Å². The highest BCUT2D eigenvalue weighted by atomic mass is 79.9. The molecular weight excluding hydrogens is 412 g/mol. The number of alkyl halides is 2. The molecule has 1 aliphatic rings. The lowest BCUT2D eigenvalue weighted by Crippen LogP contribution is -2.25. The van der Waals surface area contributed by atoms with Gasteiger partial charge in [-0.3, -0.25) is 9.59 Å². The third-order valence-electron chi connectivity index (χ3n) is 3.50. The van der Waals surface area contributed by atoms with Crippen molar-refractivity contribution in [3.8, 4) is 11.5 Å². The van der Waals surface area contributed by atoms with E-state index in [1.165, 1.54) is 24.3 Å². The van der Waals surface area contributed by atoms with Crippen molar-refractivity contribution < 1.29 is 27.8 Å². The van der Waals surface area contributed by atoms with Gasteiger partial charge in [-0.1, -0.05) is 15.9 Å². The first kappa shape index (κ1) is 18.1. The number of nitrogens with one attached hydrogen (secondary N) is 1. The van der Waals surface area contributed by atoms with Crippen molar-refractivity contribution in [2.75, 3.05) is 11.9 Å². The fourth-order valence-electron chi connectivity index (χ4n) is 2.35. The third-order valence-corrected chi connectivity index (χ3v) is 3.99. The summed E-state index contributed by atoms with van der Waals surface area (Å²) in [6.45, 7) is -3.04. The molecule has 5 nitrogen and oxygen atoms in total. The third kappa shape index (κ3) is 4.26. The monoisotopic (exact) mass is 423 g/mol. The van der Waals surface area contributed by atoms with Crippen molar-refractivity contribution in [2.45, 2.75) is 6.61 Å². The minimum atomic E-state index is -2.97. The molecule has 0 fully saturated rings. The van der Waals surface area contributed by atoms with Crippen LogP contribution in [0.1, 0.15) is 15.9 Å². The van der Waals surface area contributed by atoms with E-state index in [0.717, 1.165) is 0 Å². The predicted octanol–water partition coefficient (Wildman–Crippen LogP) is 4.28. The molecule has 0 aromatic heterocycles. The summed E-state index contributed by atoms with van der Waals surface area (Å²) in [4.78, 5) is 23.7. The van der Waals surface area contributed by atoms with Crippen LogP contribution in [0.15, 0.2) is 46.9 Å². The Balaban J connectivity index is 1.83. The van der Waals surface area contributed by atoms with Gasteiger partial charge >= 0.3 is 6.61 Å². The zero-order chi connectivity index (χ0) is 18.7. The highest BCUT2D eigenvalue weighted by molar-refractivity contribution is 9.10. The Labute approximate surface area is 155 Å². The molecule has 8 heteroatoms. The Kier molecular flexibility index (Phi) is 5.32. The minimum Gasteiger partial charge on any atom is -0.482 e. The van der Waals surface area contributed by atoms with Gasteiger partial charge in [-0.25, -0.2) is 0 Å². The SMILES string of the molecule is O=C1COc2ccc(C(=O)/C=C/c3cc(Br)ccc3OC(F)F)cc2N1. The number of benzene rings is 2. The summed E-state index contributed by atoms with van der Waals surface area (Å²) >= 11 is 3.25. The van der Waals surface area contributed by atoms with Crippen molar-refractivity contribution in [2.24, 2.45) is 0 Å². The van der Waals surface area contributed by atoms with E-state index in [1.54, 1.807) is 24.3 Å². The Hall–Kier alpha value is -2.74. The number of halogens is 3. The Morgan fingerprint density at radius 3 is 2.85 bits per heavy atom. The number of anilines is 1. The highest BCUT2D eigenvalue weighted by Gasteiger charge is 2.17. The normalized spacial score (nSPS) is 13.3. The van der Waals surface area contributed by atoms with Crippen LogP contribution < -0.4 is 14.8 Å². The van der Waals surface area contributed by atoms with Crippen molar-refractivity contribution in [3.05, 3.63) is 58.1 Å². The van der Waals surface area contributed by atoms with Gasteiger partial charge in [-0.05, 0) is 48.6 Å². The number of carbonyl (C=O) groups is 2. The van der Waals surface area contributed by atoms with Gasteiger partial charge in [0.25, 0.3) is 5.91 Å². The number of amides is 1. The van der Waals surface area contributed by atoms with Gasteiger partial charge in [0.05, 0.1) is 5.69 Å². The number of hydrogen-bond donors (Lipinski definition) is 1. The quantitative estimate of drug-likeness (QED) is 0.575. The minimum absolute atomic E-state index is 0.0432.